The molecular weight excluding hydrogens is 1670 g/mol. The zero-order valence-corrected chi connectivity index (χ0v) is 68.1. The summed E-state index contributed by atoms with van der Waals surface area (Å²) >= 11 is 31.5. The summed E-state index contributed by atoms with van der Waals surface area (Å²) in [5, 5.41) is 137. The molecule has 0 unspecified atom stereocenters. The quantitative estimate of drug-likeness (QED) is 0.0337. The zero-order chi connectivity index (χ0) is 82.2. The number of aliphatic hydroxyl groups excluding tert-OH is 13. The van der Waals surface area contributed by atoms with Gasteiger partial charge in [0.25, 0.3) is 0 Å². The second-order valence-corrected chi connectivity index (χ2v) is 34.0. The van der Waals surface area contributed by atoms with Crippen LogP contribution in [-0.2, 0) is 44.6 Å². The van der Waals surface area contributed by atoms with Gasteiger partial charge in [-0.05, 0) is 130 Å². The molecule has 0 amide bonds. The van der Waals surface area contributed by atoms with Crippen LogP contribution in [0.25, 0.3) is 42.5 Å². The normalized spacial score (nSPS) is 27.3. The molecule has 0 spiro atoms. The van der Waals surface area contributed by atoms with Crippen molar-refractivity contribution in [3.8, 4) is 42.5 Å². The Bertz CT molecular complexity index is 4470. The first-order valence-electron chi connectivity index (χ1n) is 36.9. The molecule has 4 aromatic carbocycles. The molecule has 12 heterocycles. The molecule has 13 N–H and O–H groups in total. The van der Waals surface area contributed by atoms with Gasteiger partial charge in [-0.2, -0.15) is 0 Å². The standard InChI is InChI=1S/2C21H22ClNO5S.C20H19ClFNO5S.C20H20ClNO6S/c2*1-2-14-18(24)19(25)20(26)21(28-14)11-5-6-13(22)12(8-11)9-17-23-10-16(29-17)15-4-3-7-27-15;21-12-4-3-10(20-19(26)18(25)17(24)14(8-22)28-20)6-11(12)7-16-23-9-15(29-16)13-2-1-5-27-13;21-12-4-3-10(20-19(26)18(25)17(24)14(9-23)28-20)6-11(12)7-16-22-8-15(29-16)13-2-1-5-27-13/h2*3-8,10,14,18-21,24-26H,2,9H2,1H3;1-6,9,14,17-20,24-26H,7-8H2;1-6,8,14,17-20,23-26H,7,9H2/t2*14-,18-,19+,20-,21+;2*14-,17-,18+,19-,20+/m1111/s1. The van der Waals surface area contributed by atoms with Crippen molar-refractivity contribution in [1.29, 1.82) is 0 Å². The molecule has 16 rings (SSSR count). The summed E-state index contributed by atoms with van der Waals surface area (Å²) in [5.41, 5.74) is 5.73. The highest BCUT2D eigenvalue weighted by molar-refractivity contribution is 7.16. The van der Waals surface area contributed by atoms with Crippen molar-refractivity contribution in [1.82, 2.24) is 19.9 Å². The number of aromatic nitrogens is 4. The summed E-state index contributed by atoms with van der Waals surface area (Å²) in [6.07, 6.45) is -6.00. The van der Waals surface area contributed by atoms with E-state index in [0.717, 1.165) is 84.8 Å². The fourth-order valence-electron chi connectivity index (χ4n) is 13.8. The number of nitrogens with zero attached hydrogens (tertiary/aromatic N) is 4. The SMILES string of the molecule is CC[C@H]1O[C@@H](c2ccc(Cl)c(Cc3ncc(-c4ccco4)s3)c2)[C@H](O)[C@@H](O)[C@@H]1O.CC[C@H]1O[C@@H](c2ccc(Cl)c(Cc3ncc(-c4ccco4)s3)c2)[C@H](O)[C@@H](O)[C@@H]1O.OC[C@H]1O[C@@H](c2ccc(Cl)c(Cc3ncc(-c4ccco4)s3)c2)[C@H](O)[C@@H](O)[C@@H]1O.O[C@@H]1[C@@H](O)[C@H](c2ccc(Cl)c(Cc3ncc(-c4ccco4)s3)c2)O[C@H](CF)[C@H]1O. The van der Waals surface area contributed by atoms with E-state index in [2.05, 4.69) is 19.9 Å². The maximum atomic E-state index is 13.2. The fourth-order valence-corrected chi connectivity index (χ4v) is 18.2. The molecule has 4 aliphatic heterocycles. The van der Waals surface area contributed by atoms with Gasteiger partial charge in [0.1, 0.15) is 140 Å². The molecule has 4 fully saturated rings. The van der Waals surface area contributed by atoms with Gasteiger partial charge in [-0.25, -0.2) is 24.3 Å². The number of thiazole rings is 4. The third-order valence-electron chi connectivity index (χ3n) is 20.2. The van der Waals surface area contributed by atoms with Crippen LogP contribution in [-0.4, -0.2) is 197 Å². The van der Waals surface area contributed by atoms with E-state index in [1.807, 2.05) is 68.4 Å². The Morgan fingerprint density at radius 3 is 0.802 bits per heavy atom. The predicted molar refractivity (Wildman–Crippen MR) is 432 cm³/mol. The number of hydrogen-bond acceptors (Lipinski definition) is 29. The number of furan rings is 4. The molecule has 12 aromatic rings. The highest BCUT2D eigenvalue weighted by Gasteiger charge is 2.48. The number of rotatable bonds is 20. The topological polar surface area (TPSA) is 404 Å². The van der Waals surface area contributed by atoms with Gasteiger partial charge in [0, 0.05) is 70.6 Å². The number of alkyl halides is 1. The highest BCUT2D eigenvalue weighted by Crippen LogP contribution is 2.42. The van der Waals surface area contributed by atoms with Gasteiger partial charge in [-0.1, -0.05) is 109 Å². The van der Waals surface area contributed by atoms with Crippen LogP contribution in [0.4, 0.5) is 4.39 Å². The van der Waals surface area contributed by atoms with E-state index in [0.29, 0.717) is 80.9 Å². The van der Waals surface area contributed by atoms with Crippen molar-refractivity contribution in [2.75, 3.05) is 13.3 Å². The van der Waals surface area contributed by atoms with Crippen LogP contribution < -0.4 is 0 Å². The maximum absolute atomic E-state index is 13.2. The molecule has 25 nitrogen and oxygen atoms in total. The number of hydrogen-bond donors (Lipinski definition) is 13. The van der Waals surface area contributed by atoms with Gasteiger partial charge < -0.3 is 103 Å². The number of halogens is 5. The van der Waals surface area contributed by atoms with Crippen molar-refractivity contribution in [2.24, 2.45) is 0 Å². The van der Waals surface area contributed by atoms with E-state index in [4.69, 9.17) is 83.0 Å². The van der Waals surface area contributed by atoms with Crippen LogP contribution in [0, 0.1) is 0 Å². The molecule has 0 bridgehead atoms. The predicted octanol–water partition coefficient (Wildman–Crippen LogP) is 12.5. The van der Waals surface area contributed by atoms with Crippen molar-refractivity contribution >= 4 is 91.8 Å². The van der Waals surface area contributed by atoms with Crippen LogP contribution in [0.15, 0.2) is 189 Å². The van der Waals surface area contributed by atoms with Gasteiger partial charge in [0.05, 0.1) is 83.4 Å². The minimum Gasteiger partial charge on any atom is -0.463 e. The van der Waals surface area contributed by atoms with E-state index in [-0.39, 0.29) is 0 Å². The fraction of sp³-hybridized carbons (Fsp3) is 0.366. The van der Waals surface area contributed by atoms with Gasteiger partial charge in [-0.3, -0.25) is 0 Å². The van der Waals surface area contributed by atoms with E-state index in [1.165, 1.54) is 45.3 Å². The number of aliphatic hydroxyl groups is 13. The molecule has 8 aromatic heterocycles. The summed E-state index contributed by atoms with van der Waals surface area (Å²) in [4.78, 5) is 21.4. The van der Waals surface area contributed by atoms with Crippen molar-refractivity contribution in [3.63, 3.8) is 0 Å². The first-order valence-corrected chi connectivity index (χ1v) is 41.7. The average Bonchev–Trinajstić information content (AvgIpc) is 0.850. The lowest BCUT2D eigenvalue weighted by Gasteiger charge is -2.40. The first-order chi connectivity index (χ1) is 55.9. The Labute approximate surface area is 700 Å². The van der Waals surface area contributed by atoms with Crippen LogP contribution >= 0.6 is 91.8 Å². The van der Waals surface area contributed by atoms with E-state index in [9.17, 15) is 70.8 Å². The molecule has 0 saturated carbocycles. The zero-order valence-electron chi connectivity index (χ0n) is 61.8. The largest absolute Gasteiger partial charge is 0.463 e. The minimum atomic E-state index is -1.51. The lowest BCUT2D eigenvalue weighted by Crippen LogP contribution is -2.55. The molecule has 4 aliphatic rings. The molecule has 4 saturated heterocycles. The van der Waals surface area contributed by atoms with Gasteiger partial charge >= 0.3 is 0 Å². The molecule has 616 valence electrons. The minimum absolute atomic E-state index is 0.443. The van der Waals surface area contributed by atoms with Crippen LogP contribution in [0.2, 0.25) is 20.1 Å². The Morgan fingerprint density at radius 1 is 0.328 bits per heavy atom. The first kappa shape index (κ1) is 86.8. The van der Waals surface area contributed by atoms with E-state index in [1.54, 1.807) is 117 Å². The average molecular weight is 1750 g/mol. The Kier molecular flexibility index (Phi) is 29.5. The van der Waals surface area contributed by atoms with Crippen molar-refractivity contribution in [2.45, 2.75) is 174 Å². The molecule has 20 atom stereocenters. The molecular formula is C82H83Cl4FN4O21S4. The van der Waals surface area contributed by atoms with Crippen LogP contribution in [0.5, 0.6) is 0 Å². The van der Waals surface area contributed by atoms with Gasteiger partial charge in [0.15, 0.2) is 0 Å². The molecule has 0 aliphatic carbocycles. The smallest absolute Gasteiger partial charge is 0.145 e. The van der Waals surface area contributed by atoms with Crippen molar-refractivity contribution < 1.29 is 107 Å². The van der Waals surface area contributed by atoms with Gasteiger partial charge in [0.2, 0.25) is 0 Å². The monoisotopic (exact) mass is 1750 g/mol. The second-order valence-electron chi connectivity index (χ2n) is 27.9. The Balaban J connectivity index is 0.000000135. The van der Waals surface area contributed by atoms with Crippen molar-refractivity contribution in [3.05, 3.63) is 256 Å². The van der Waals surface area contributed by atoms with E-state index < -0.39 is 135 Å². The summed E-state index contributed by atoms with van der Waals surface area (Å²) in [6, 6.07) is 35.8. The van der Waals surface area contributed by atoms with Crippen LogP contribution in [0.3, 0.4) is 0 Å². The highest BCUT2D eigenvalue weighted by atomic mass is 35.5. The summed E-state index contributed by atoms with van der Waals surface area (Å²) in [5.74, 6) is 3.02. The molecule has 34 heteroatoms. The number of benzene rings is 4. The van der Waals surface area contributed by atoms with Crippen LogP contribution in [0.1, 0.15) is 116 Å². The van der Waals surface area contributed by atoms with E-state index >= 15 is 0 Å². The lowest BCUT2D eigenvalue weighted by molar-refractivity contribution is -0.231. The summed E-state index contributed by atoms with van der Waals surface area (Å²) in [7, 11) is 0. The lowest BCUT2D eigenvalue weighted by atomic mass is 9.89. The second kappa shape index (κ2) is 39.4. The Hall–Kier alpha value is -7.07. The summed E-state index contributed by atoms with van der Waals surface area (Å²) < 4.78 is 57.7. The third-order valence-corrected chi connectivity index (χ3v) is 25.7. The van der Waals surface area contributed by atoms with Gasteiger partial charge in [-0.15, -0.1) is 45.3 Å². The maximum Gasteiger partial charge on any atom is 0.145 e. The number of ether oxygens (including phenoxy) is 4. The summed E-state index contributed by atoms with van der Waals surface area (Å²) in [6.45, 7) is 2.27. The third kappa shape index (κ3) is 20.0. The Morgan fingerprint density at radius 2 is 0.569 bits per heavy atom. The molecule has 0 radical (unpaired) electrons. The molecule has 116 heavy (non-hydrogen) atoms.